The van der Waals surface area contributed by atoms with Gasteiger partial charge in [0.2, 0.25) is 5.91 Å². The first-order chi connectivity index (χ1) is 7.02. The Labute approximate surface area is 94.5 Å². The summed E-state index contributed by atoms with van der Waals surface area (Å²) in [6, 6.07) is 0. The van der Waals surface area contributed by atoms with Gasteiger partial charge in [-0.2, -0.15) is 11.8 Å². The summed E-state index contributed by atoms with van der Waals surface area (Å²) in [5.41, 5.74) is 4.58. The summed E-state index contributed by atoms with van der Waals surface area (Å²) in [6.45, 7) is 4.08. The number of carbonyl (C=O) groups excluding carboxylic acids is 1. The van der Waals surface area contributed by atoms with Crippen LogP contribution in [-0.2, 0) is 4.79 Å². The van der Waals surface area contributed by atoms with Gasteiger partial charge in [-0.05, 0) is 19.6 Å². The van der Waals surface area contributed by atoms with Gasteiger partial charge in [-0.15, -0.1) is 0 Å². The molecule has 15 heavy (non-hydrogen) atoms. The lowest BCUT2D eigenvalue weighted by Gasteiger charge is -2.25. The Balaban J connectivity index is 4.46. The van der Waals surface area contributed by atoms with Gasteiger partial charge in [0.05, 0.1) is 0 Å². The average Bonchev–Trinajstić information content (AvgIpc) is 2.26. The molecule has 0 aliphatic carbocycles. The molecule has 4 N–H and O–H groups in total. The second-order valence-electron chi connectivity index (χ2n) is 3.42. The van der Waals surface area contributed by atoms with Gasteiger partial charge in [0, 0.05) is 12.3 Å². The predicted octanol–water partition coefficient (Wildman–Crippen LogP) is 0.628. The molecule has 88 valence electrons. The first-order valence-corrected chi connectivity index (χ1v) is 6.17. The second-order valence-corrected chi connectivity index (χ2v) is 4.41. The quantitative estimate of drug-likeness (QED) is 0.206. The lowest BCUT2D eigenvalue weighted by molar-refractivity contribution is -0.127. The molecule has 6 heteroatoms. The van der Waals surface area contributed by atoms with E-state index in [1.807, 2.05) is 13.2 Å². The molecule has 5 nitrogen and oxygen atoms in total. The van der Waals surface area contributed by atoms with E-state index in [0.717, 1.165) is 5.75 Å². The van der Waals surface area contributed by atoms with E-state index in [0.29, 0.717) is 13.0 Å². The van der Waals surface area contributed by atoms with Crippen molar-refractivity contribution in [2.45, 2.75) is 20.3 Å². The molecule has 0 saturated carbocycles. The van der Waals surface area contributed by atoms with Crippen LogP contribution in [0.4, 0.5) is 0 Å². The van der Waals surface area contributed by atoms with Gasteiger partial charge < -0.3 is 16.3 Å². The van der Waals surface area contributed by atoms with E-state index in [-0.39, 0.29) is 11.7 Å². The van der Waals surface area contributed by atoms with Crippen LogP contribution in [0.3, 0.4) is 0 Å². The summed E-state index contributed by atoms with van der Waals surface area (Å²) >= 11 is 1.65. The maximum absolute atomic E-state index is 11.8. The minimum Gasteiger partial charge on any atom is -0.409 e. The van der Waals surface area contributed by atoms with Crippen LogP contribution in [0.2, 0.25) is 0 Å². The number of amides is 1. The maximum Gasteiger partial charge on any atom is 0.233 e. The third-order valence-corrected chi connectivity index (χ3v) is 3.09. The largest absolute Gasteiger partial charge is 0.409 e. The zero-order chi connectivity index (χ0) is 11.9. The van der Waals surface area contributed by atoms with Crippen LogP contribution >= 0.6 is 11.8 Å². The molecule has 0 heterocycles. The van der Waals surface area contributed by atoms with Crippen LogP contribution in [0.25, 0.3) is 0 Å². The molecular weight excluding hydrogens is 214 g/mol. The Hall–Kier alpha value is -0.910. The van der Waals surface area contributed by atoms with E-state index in [2.05, 4.69) is 10.5 Å². The minimum absolute atomic E-state index is 0.0494. The maximum atomic E-state index is 11.8. The SMILES string of the molecule is CCC(C)(C(=O)NCCSC)C(N)=NO. The molecule has 0 rings (SSSR count). The van der Waals surface area contributed by atoms with Crippen LogP contribution in [-0.4, -0.2) is 35.5 Å². The van der Waals surface area contributed by atoms with Gasteiger partial charge >= 0.3 is 0 Å². The Kier molecular flexibility index (Phi) is 6.15. The molecule has 0 aromatic carbocycles. The Morgan fingerprint density at radius 1 is 1.67 bits per heavy atom. The van der Waals surface area contributed by atoms with Crippen LogP contribution in [0.5, 0.6) is 0 Å². The highest BCUT2D eigenvalue weighted by molar-refractivity contribution is 7.98. The minimum atomic E-state index is -0.923. The molecule has 0 aliphatic rings. The Morgan fingerprint density at radius 2 is 2.27 bits per heavy atom. The van der Waals surface area contributed by atoms with E-state index in [9.17, 15) is 4.79 Å². The Morgan fingerprint density at radius 3 is 2.67 bits per heavy atom. The standard InChI is InChI=1S/C9H19N3O2S/c1-4-9(2,7(10)12-14)8(13)11-5-6-15-3/h14H,4-6H2,1-3H3,(H2,10,12)(H,11,13). The highest BCUT2D eigenvalue weighted by atomic mass is 32.2. The van der Waals surface area contributed by atoms with E-state index in [4.69, 9.17) is 10.9 Å². The lowest BCUT2D eigenvalue weighted by Crippen LogP contribution is -2.48. The molecule has 0 aliphatic heterocycles. The molecule has 1 amide bonds. The summed E-state index contributed by atoms with van der Waals surface area (Å²) in [5.74, 6) is 0.600. The van der Waals surface area contributed by atoms with Crippen molar-refractivity contribution in [2.24, 2.45) is 16.3 Å². The monoisotopic (exact) mass is 233 g/mol. The fourth-order valence-electron chi connectivity index (χ4n) is 1.03. The normalized spacial score (nSPS) is 15.8. The number of hydrogen-bond acceptors (Lipinski definition) is 4. The first-order valence-electron chi connectivity index (χ1n) is 4.78. The molecule has 0 saturated heterocycles. The van der Waals surface area contributed by atoms with Gasteiger partial charge in [-0.3, -0.25) is 4.79 Å². The molecule has 0 aromatic rings. The van der Waals surface area contributed by atoms with Crippen molar-refractivity contribution in [3.63, 3.8) is 0 Å². The predicted molar refractivity (Wildman–Crippen MR) is 63.2 cm³/mol. The van der Waals surface area contributed by atoms with E-state index < -0.39 is 5.41 Å². The van der Waals surface area contributed by atoms with E-state index in [1.165, 1.54) is 0 Å². The van der Waals surface area contributed by atoms with Crippen molar-refractivity contribution in [1.82, 2.24) is 5.32 Å². The number of nitrogens with two attached hydrogens (primary N) is 1. The molecule has 0 spiro atoms. The molecular formula is C9H19N3O2S. The number of rotatable bonds is 6. The summed E-state index contributed by atoms with van der Waals surface area (Å²) in [7, 11) is 0. The fraction of sp³-hybridized carbons (Fsp3) is 0.778. The molecule has 1 atom stereocenters. The average molecular weight is 233 g/mol. The third-order valence-electron chi connectivity index (χ3n) is 2.47. The van der Waals surface area contributed by atoms with Crippen LogP contribution < -0.4 is 11.1 Å². The highest BCUT2D eigenvalue weighted by Crippen LogP contribution is 2.21. The van der Waals surface area contributed by atoms with E-state index in [1.54, 1.807) is 18.7 Å². The van der Waals surface area contributed by atoms with Crippen molar-refractivity contribution in [3.05, 3.63) is 0 Å². The molecule has 0 fully saturated rings. The van der Waals surface area contributed by atoms with Crippen molar-refractivity contribution in [3.8, 4) is 0 Å². The zero-order valence-corrected chi connectivity index (χ0v) is 10.2. The summed E-state index contributed by atoms with van der Waals surface area (Å²) < 4.78 is 0. The molecule has 1 unspecified atom stereocenters. The number of oxime groups is 1. The number of carbonyl (C=O) groups is 1. The number of nitrogens with zero attached hydrogens (tertiary/aromatic N) is 1. The lowest BCUT2D eigenvalue weighted by atomic mass is 9.85. The van der Waals surface area contributed by atoms with Crippen molar-refractivity contribution in [1.29, 1.82) is 0 Å². The van der Waals surface area contributed by atoms with Gasteiger partial charge in [0.25, 0.3) is 0 Å². The highest BCUT2D eigenvalue weighted by Gasteiger charge is 2.35. The van der Waals surface area contributed by atoms with Crippen LogP contribution in [0.15, 0.2) is 5.16 Å². The Bertz CT molecular complexity index is 246. The number of thioether (sulfide) groups is 1. The van der Waals surface area contributed by atoms with Crippen LogP contribution in [0, 0.1) is 5.41 Å². The second kappa shape index (κ2) is 6.55. The topological polar surface area (TPSA) is 87.7 Å². The number of amidine groups is 1. The van der Waals surface area contributed by atoms with Gasteiger partial charge in [0.1, 0.15) is 5.41 Å². The van der Waals surface area contributed by atoms with Gasteiger partial charge in [0.15, 0.2) is 5.84 Å². The fourth-order valence-corrected chi connectivity index (χ4v) is 1.34. The van der Waals surface area contributed by atoms with Crippen LogP contribution in [0.1, 0.15) is 20.3 Å². The van der Waals surface area contributed by atoms with Gasteiger partial charge in [-0.25, -0.2) is 0 Å². The summed E-state index contributed by atoms with van der Waals surface area (Å²) in [5, 5.41) is 14.3. The van der Waals surface area contributed by atoms with Gasteiger partial charge in [-0.1, -0.05) is 12.1 Å². The summed E-state index contributed by atoms with van der Waals surface area (Å²) in [6.07, 6.45) is 2.46. The van der Waals surface area contributed by atoms with Crippen molar-refractivity contribution in [2.75, 3.05) is 18.6 Å². The molecule has 0 aromatic heterocycles. The zero-order valence-electron chi connectivity index (χ0n) is 9.41. The van der Waals surface area contributed by atoms with Crippen molar-refractivity contribution >= 4 is 23.5 Å². The first kappa shape index (κ1) is 14.1. The van der Waals surface area contributed by atoms with Crippen molar-refractivity contribution < 1.29 is 10.0 Å². The molecule has 0 bridgehead atoms. The number of hydrogen-bond donors (Lipinski definition) is 3. The third kappa shape index (κ3) is 3.62. The molecule has 0 radical (unpaired) electrons. The summed E-state index contributed by atoms with van der Waals surface area (Å²) in [4.78, 5) is 11.8. The number of nitrogens with one attached hydrogen (secondary N) is 1. The van der Waals surface area contributed by atoms with E-state index >= 15 is 0 Å². The smallest absolute Gasteiger partial charge is 0.233 e.